The number of nitrogens with one attached hydrogen (secondary N) is 4. The van der Waals surface area contributed by atoms with Crippen LogP contribution in [-0.4, -0.2) is 54.1 Å². The van der Waals surface area contributed by atoms with Crippen LogP contribution >= 0.6 is 0 Å². The van der Waals surface area contributed by atoms with Crippen LogP contribution in [0.2, 0.25) is 0 Å². The molecule has 3 unspecified atom stereocenters. The average Bonchev–Trinajstić information content (AvgIpc) is 3.59. The first-order valence-corrected chi connectivity index (χ1v) is 13.7. The molecule has 1 aromatic rings. The number of benzene rings is 1. The van der Waals surface area contributed by atoms with Crippen molar-refractivity contribution in [3.63, 3.8) is 0 Å². The molecule has 4 atom stereocenters. The fraction of sp³-hybridized carbons (Fsp3) is 0.621. The lowest BCUT2D eigenvalue weighted by atomic mass is 9.87. The van der Waals surface area contributed by atoms with E-state index in [1.165, 1.54) is 0 Å². The number of carbonyl (C=O) groups excluding carboxylic acids is 5. The molecule has 1 heterocycles. The minimum Gasteiger partial charge on any atom is -0.356 e. The number of hydrogen-bond donors (Lipinski definition) is 4. The second-order valence-electron chi connectivity index (χ2n) is 11.8. The highest BCUT2D eigenvalue weighted by atomic mass is 16.2. The molecule has 1 aliphatic carbocycles. The molecular weight excluding hydrogens is 484 g/mol. The molecule has 2 aliphatic rings. The second kappa shape index (κ2) is 13.0. The molecule has 1 saturated heterocycles. The van der Waals surface area contributed by atoms with Crippen molar-refractivity contribution in [1.29, 1.82) is 0 Å². The Balaban J connectivity index is 1.72. The normalized spacial score (nSPS) is 19.6. The third-order valence-corrected chi connectivity index (χ3v) is 7.12. The molecule has 0 aromatic heterocycles. The summed E-state index contributed by atoms with van der Waals surface area (Å²) >= 11 is 0. The number of ketones is 1. The molecule has 4 N–H and O–H groups in total. The van der Waals surface area contributed by atoms with Gasteiger partial charge in [-0.15, -0.1) is 0 Å². The van der Waals surface area contributed by atoms with E-state index < -0.39 is 35.6 Å². The lowest BCUT2D eigenvalue weighted by Gasteiger charge is -2.28. The predicted octanol–water partition coefficient (Wildman–Crippen LogP) is 2.35. The van der Waals surface area contributed by atoms with Crippen LogP contribution < -0.4 is 21.3 Å². The zero-order valence-corrected chi connectivity index (χ0v) is 23.0. The van der Waals surface area contributed by atoms with E-state index in [9.17, 15) is 24.0 Å². The van der Waals surface area contributed by atoms with Gasteiger partial charge in [0.1, 0.15) is 6.04 Å². The van der Waals surface area contributed by atoms with E-state index in [1.54, 1.807) is 0 Å². The molecule has 0 bridgehead atoms. The number of hydrogen-bond acceptors (Lipinski definition) is 5. The Morgan fingerprint density at radius 3 is 2.24 bits per heavy atom. The number of rotatable bonds is 13. The maximum absolute atomic E-state index is 13.5. The molecule has 9 heteroatoms. The van der Waals surface area contributed by atoms with Gasteiger partial charge in [0.05, 0.1) is 6.04 Å². The minimum atomic E-state index is -1.15. The molecule has 1 aromatic carbocycles. The van der Waals surface area contributed by atoms with Gasteiger partial charge in [-0.2, -0.15) is 0 Å². The Kier molecular flexibility index (Phi) is 10.1. The summed E-state index contributed by atoms with van der Waals surface area (Å²) < 4.78 is 0. The third kappa shape index (κ3) is 8.96. The third-order valence-electron chi connectivity index (χ3n) is 7.12. The Hall–Kier alpha value is -3.23. The van der Waals surface area contributed by atoms with E-state index in [0.29, 0.717) is 19.4 Å². The maximum Gasteiger partial charge on any atom is 0.289 e. The molecule has 1 aliphatic heterocycles. The highest BCUT2D eigenvalue weighted by Crippen LogP contribution is 2.25. The Bertz CT molecular complexity index is 1020. The van der Waals surface area contributed by atoms with Gasteiger partial charge in [-0.25, -0.2) is 0 Å². The van der Waals surface area contributed by atoms with Crippen molar-refractivity contribution >= 4 is 29.4 Å². The number of carbonyl (C=O) groups is 5. The minimum absolute atomic E-state index is 0.0101. The van der Waals surface area contributed by atoms with Crippen molar-refractivity contribution in [3.8, 4) is 0 Å². The van der Waals surface area contributed by atoms with Crippen molar-refractivity contribution in [2.24, 2.45) is 11.3 Å². The van der Waals surface area contributed by atoms with Gasteiger partial charge in [0.2, 0.25) is 23.5 Å². The van der Waals surface area contributed by atoms with Crippen LogP contribution in [0.15, 0.2) is 30.3 Å². The fourth-order valence-electron chi connectivity index (χ4n) is 4.82. The van der Waals surface area contributed by atoms with E-state index in [2.05, 4.69) is 21.3 Å². The molecule has 4 amide bonds. The first-order chi connectivity index (χ1) is 18.0. The van der Waals surface area contributed by atoms with Crippen LogP contribution in [0.25, 0.3) is 0 Å². The molecule has 9 nitrogen and oxygen atoms in total. The lowest BCUT2D eigenvalue weighted by Crippen LogP contribution is -2.55. The second-order valence-corrected chi connectivity index (χ2v) is 11.8. The predicted molar refractivity (Wildman–Crippen MR) is 144 cm³/mol. The first-order valence-electron chi connectivity index (χ1n) is 13.7. The first kappa shape index (κ1) is 29.3. The van der Waals surface area contributed by atoms with Crippen molar-refractivity contribution in [2.45, 2.75) is 96.7 Å². The van der Waals surface area contributed by atoms with Gasteiger partial charge in [0.15, 0.2) is 0 Å². The SMILES string of the molecule is CCC(CC(=O)NC(CC(C)(C)C)C(=O)NC(C[C@@H]1CCNC1=O)C(=O)C(=O)NC1CC1)c1ccccc1. The van der Waals surface area contributed by atoms with Crippen LogP contribution in [0.4, 0.5) is 0 Å². The smallest absolute Gasteiger partial charge is 0.289 e. The fourth-order valence-corrected chi connectivity index (χ4v) is 4.82. The molecule has 0 spiro atoms. The molecule has 2 fully saturated rings. The zero-order valence-electron chi connectivity index (χ0n) is 23.0. The summed E-state index contributed by atoms with van der Waals surface area (Å²) in [6.07, 6.45) is 3.54. The van der Waals surface area contributed by atoms with Gasteiger partial charge >= 0.3 is 0 Å². The van der Waals surface area contributed by atoms with E-state index in [1.807, 2.05) is 58.0 Å². The van der Waals surface area contributed by atoms with Crippen LogP contribution in [0.5, 0.6) is 0 Å². The summed E-state index contributed by atoms with van der Waals surface area (Å²) in [6, 6.07) is 7.72. The van der Waals surface area contributed by atoms with Crippen molar-refractivity contribution in [3.05, 3.63) is 35.9 Å². The summed E-state index contributed by atoms with van der Waals surface area (Å²) in [6.45, 7) is 8.41. The molecule has 1 saturated carbocycles. The zero-order chi connectivity index (χ0) is 27.9. The standard InChI is InChI=1S/C29H42N4O5/c1-5-18(19-9-7-6-8-10-19)16-24(34)32-23(17-29(2,3)4)27(37)33-22(15-20-13-14-30-26(20)36)25(35)28(38)31-21-11-12-21/h6-10,18,20-23H,5,11-17H2,1-4H3,(H,30,36)(H,31,38)(H,32,34)(H,33,37)/t18?,20-,22?,23?/m0/s1. The van der Waals surface area contributed by atoms with Crippen LogP contribution in [0.1, 0.15) is 84.1 Å². The highest BCUT2D eigenvalue weighted by Gasteiger charge is 2.37. The van der Waals surface area contributed by atoms with E-state index >= 15 is 0 Å². The summed E-state index contributed by atoms with van der Waals surface area (Å²) in [5.74, 6) is -2.94. The molecule has 208 valence electrons. The summed E-state index contributed by atoms with van der Waals surface area (Å²) in [7, 11) is 0. The van der Waals surface area contributed by atoms with Crippen LogP contribution in [0.3, 0.4) is 0 Å². The van der Waals surface area contributed by atoms with Crippen molar-refractivity contribution in [1.82, 2.24) is 21.3 Å². The van der Waals surface area contributed by atoms with Gasteiger partial charge in [-0.3, -0.25) is 24.0 Å². The van der Waals surface area contributed by atoms with Crippen LogP contribution in [0, 0.1) is 11.3 Å². The molecule has 38 heavy (non-hydrogen) atoms. The topological polar surface area (TPSA) is 133 Å². The Morgan fingerprint density at radius 2 is 1.68 bits per heavy atom. The summed E-state index contributed by atoms with van der Waals surface area (Å²) in [5, 5.41) is 11.0. The van der Waals surface area contributed by atoms with Gasteiger partial charge in [-0.05, 0) is 55.4 Å². The average molecular weight is 527 g/mol. The van der Waals surface area contributed by atoms with E-state index in [4.69, 9.17) is 0 Å². The largest absolute Gasteiger partial charge is 0.356 e. The monoisotopic (exact) mass is 526 g/mol. The van der Waals surface area contributed by atoms with E-state index in [-0.39, 0.29) is 42.0 Å². The summed E-state index contributed by atoms with van der Waals surface area (Å²) in [5.41, 5.74) is 0.761. The van der Waals surface area contributed by atoms with Crippen LogP contribution in [-0.2, 0) is 24.0 Å². The quantitative estimate of drug-likeness (QED) is 0.293. The van der Waals surface area contributed by atoms with Gasteiger partial charge < -0.3 is 21.3 Å². The highest BCUT2D eigenvalue weighted by molar-refractivity contribution is 6.38. The maximum atomic E-state index is 13.5. The van der Waals surface area contributed by atoms with Gasteiger partial charge in [0.25, 0.3) is 5.91 Å². The molecule has 0 radical (unpaired) electrons. The Labute approximate surface area is 225 Å². The number of amides is 4. The van der Waals surface area contributed by atoms with Gasteiger partial charge in [0, 0.05) is 24.9 Å². The van der Waals surface area contributed by atoms with Crippen molar-refractivity contribution in [2.75, 3.05) is 6.54 Å². The molecular formula is C29H42N4O5. The Morgan fingerprint density at radius 1 is 1.00 bits per heavy atom. The van der Waals surface area contributed by atoms with E-state index in [0.717, 1.165) is 24.8 Å². The number of Topliss-reactive ketones (excluding diaryl/α,β-unsaturated/α-hetero) is 1. The van der Waals surface area contributed by atoms with Crippen molar-refractivity contribution < 1.29 is 24.0 Å². The van der Waals surface area contributed by atoms with Gasteiger partial charge in [-0.1, -0.05) is 58.0 Å². The summed E-state index contributed by atoms with van der Waals surface area (Å²) in [4.78, 5) is 64.4. The molecule has 3 rings (SSSR count). The lowest BCUT2D eigenvalue weighted by molar-refractivity contribution is -0.141.